The molecular formula is C34H38FN3O9. The number of hydrogen-bond donors (Lipinski definition) is 1. The van der Waals surface area contributed by atoms with Gasteiger partial charge in [0.1, 0.15) is 23.0 Å². The van der Waals surface area contributed by atoms with Gasteiger partial charge >= 0.3 is 12.1 Å². The lowest BCUT2D eigenvalue weighted by molar-refractivity contribution is 0.0127. The van der Waals surface area contributed by atoms with Gasteiger partial charge in [0.15, 0.2) is 23.1 Å². The minimum Gasteiger partial charge on any atom is -0.496 e. The van der Waals surface area contributed by atoms with Crippen LogP contribution < -0.4 is 19.5 Å². The van der Waals surface area contributed by atoms with E-state index in [-0.39, 0.29) is 40.5 Å². The van der Waals surface area contributed by atoms with Crippen LogP contribution in [0.4, 0.5) is 9.18 Å². The van der Waals surface area contributed by atoms with Gasteiger partial charge in [-0.2, -0.15) is 0 Å². The molecule has 250 valence electrons. The molecule has 2 aromatic carbocycles. The fourth-order valence-corrected chi connectivity index (χ4v) is 5.07. The summed E-state index contributed by atoms with van der Waals surface area (Å²) in [5, 5.41) is 2.90. The molecule has 1 N–H and O–H groups in total. The van der Waals surface area contributed by atoms with E-state index in [0.717, 1.165) is 0 Å². The van der Waals surface area contributed by atoms with Gasteiger partial charge in [-0.05, 0) is 57.9 Å². The number of nitrogens with one attached hydrogen (secondary N) is 1. The van der Waals surface area contributed by atoms with Crippen LogP contribution in [0.25, 0.3) is 0 Å². The summed E-state index contributed by atoms with van der Waals surface area (Å²) in [6.45, 7) is 5.65. The van der Waals surface area contributed by atoms with Crippen molar-refractivity contribution in [1.29, 1.82) is 0 Å². The second kappa shape index (κ2) is 14.9. The molecule has 1 aliphatic rings. The van der Waals surface area contributed by atoms with Crippen LogP contribution >= 0.6 is 0 Å². The van der Waals surface area contributed by atoms with Crippen LogP contribution in [0.1, 0.15) is 70.3 Å². The molecule has 12 nitrogen and oxygen atoms in total. The van der Waals surface area contributed by atoms with Crippen molar-refractivity contribution in [3.63, 3.8) is 0 Å². The first-order valence-corrected chi connectivity index (χ1v) is 14.9. The average Bonchev–Trinajstić information content (AvgIpc) is 3.25. The molecule has 0 aliphatic carbocycles. The highest BCUT2D eigenvalue weighted by atomic mass is 19.1. The molecule has 2 atom stereocenters. The SMILES string of the molecule is COc1cc(OC)c(C(=O)c2ccc(C(=O)O[C@@H]3CCCN(C(=O)OC(C)(C)C)C[C@H]3NC(=O)c3ccncc3)cc2)c(F)c1OC. The second-order valence-corrected chi connectivity index (χ2v) is 11.7. The van der Waals surface area contributed by atoms with Crippen LogP contribution in [0.5, 0.6) is 17.2 Å². The van der Waals surface area contributed by atoms with Crippen LogP contribution in [0.3, 0.4) is 0 Å². The van der Waals surface area contributed by atoms with E-state index in [2.05, 4.69) is 10.3 Å². The number of pyridine rings is 1. The number of carbonyl (C=O) groups excluding carboxylic acids is 4. The van der Waals surface area contributed by atoms with Crippen molar-refractivity contribution in [2.24, 2.45) is 0 Å². The van der Waals surface area contributed by atoms with Crippen LogP contribution in [0, 0.1) is 5.82 Å². The average molecular weight is 652 g/mol. The molecule has 13 heteroatoms. The molecule has 1 aromatic heterocycles. The van der Waals surface area contributed by atoms with Crippen molar-refractivity contribution in [3.8, 4) is 17.2 Å². The molecule has 47 heavy (non-hydrogen) atoms. The maximum Gasteiger partial charge on any atom is 0.410 e. The van der Waals surface area contributed by atoms with Gasteiger partial charge in [-0.1, -0.05) is 12.1 Å². The highest BCUT2D eigenvalue weighted by Gasteiger charge is 2.35. The number of benzene rings is 2. The first-order valence-electron chi connectivity index (χ1n) is 14.9. The third-order valence-corrected chi connectivity index (χ3v) is 7.36. The molecule has 4 rings (SSSR count). The number of halogens is 1. The molecule has 0 radical (unpaired) electrons. The first kappa shape index (κ1) is 34.7. The van der Waals surface area contributed by atoms with Crippen LogP contribution in [0.15, 0.2) is 54.9 Å². The summed E-state index contributed by atoms with van der Waals surface area (Å²) in [6.07, 6.45) is 2.45. The lowest BCUT2D eigenvalue weighted by Crippen LogP contribution is -2.51. The predicted molar refractivity (Wildman–Crippen MR) is 168 cm³/mol. The molecule has 0 unspecified atom stereocenters. The topological polar surface area (TPSA) is 143 Å². The Morgan fingerprint density at radius 1 is 0.894 bits per heavy atom. The minimum absolute atomic E-state index is 0.0375. The Hall–Kier alpha value is -5.20. The maximum atomic E-state index is 15.4. The molecule has 0 bridgehead atoms. The van der Waals surface area contributed by atoms with Crippen molar-refractivity contribution >= 4 is 23.8 Å². The minimum atomic E-state index is -0.953. The van der Waals surface area contributed by atoms with E-state index in [9.17, 15) is 19.2 Å². The number of rotatable bonds is 9. The van der Waals surface area contributed by atoms with Crippen LogP contribution in [-0.2, 0) is 9.47 Å². The van der Waals surface area contributed by atoms with Gasteiger partial charge in [0.25, 0.3) is 5.91 Å². The summed E-state index contributed by atoms with van der Waals surface area (Å²) in [7, 11) is 3.88. The summed E-state index contributed by atoms with van der Waals surface area (Å²) >= 11 is 0. The number of esters is 1. The Balaban J connectivity index is 1.55. The Morgan fingerprint density at radius 2 is 1.53 bits per heavy atom. The second-order valence-electron chi connectivity index (χ2n) is 11.7. The fourth-order valence-electron chi connectivity index (χ4n) is 5.07. The van der Waals surface area contributed by atoms with Crippen molar-refractivity contribution in [2.75, 3.05) is 34.4 Å². The molecule has 1 fully saturated rings. The molecule has 1 aliphatic heterocycles. The van der Waals surface area contributed by atoms with E-state index < -0.39 is 47.3 Å². The number of likely N-dealkylation sites (tertiary alicyclic amines) is 1. The summed E-state index contributed by atoms with van der Waals surface area (Å²) in [6, 6.07) is 9.18. The molecule has 2 heterocycles. The zero-order valence-electron chi connectivity index (χ0n) is 27.1. The van der Waals surface area contributed by atoms with Crippen molar-refractivity contribution in [1.82, 2.24) is 15.2 Å². The highest BCUT2D eigenvalue weighted by molar-refractivity contribution is 6.11. The number of carbonyl (C=O) groups is 4. The summed E-state index contributed by atoms with van der Waals surface area (Å²) in [5.41, 5.74) is -0.540. The zero-order chi connectivity index (χ0) is 34.3. The van der Waals surface area contributed by atoms with Gasteiger partial charge in [-0.25, -0.2) is 14.0 Å². The third kappa shape index (κ3) is 8.34. The van der Waals surface area contributed by atoms with Crippen molar-refractivity contribution < 1.29 is 47.3 Å². The van der Waals surface area contributed by atoms with Crippen molar-refractivity contribution in [3.05, 3.63) is 82.9 Å². The van der Waals surface area contributed by atoms with Gasteiger partial charge in [-0.3, -0.25) is 14.6 Å². The Kier molecular flexibility index (Phi) is 11.0. The molecule has 0 saturated carbocycles. The number of nitrogens with zero attached hydrogens (tertiary/aromatic N) is 2. The number of methoxy groups -OCH3 is 3. The monoisotopic (exact) mass is 651 g/mol. The Bertz CT molecular complexity index is 1610. The van der Waals surface area contributed by atoms with E-state index in [4.69, 9.17) is 23.7 Å². The molecule has 0 spiro atoms. The van der Waals surface area contributed by atoms with Gasteiger partial charge in [0.05, 0.1) is 32.9 Å². The Labute approximate surface area is 272 Å². The van der Waals surface area contributed by atoms with E-state index in [1.165, 1.54) is 69.0 Å². The van der Waals surface area contributed by atoms with Crippen LogP contribution in [0.2, 0.25) is 0 Å². The predicted octanol–water partition coefficient (Wildman–Crippen LogP) is 4.83. The van der Waals surface area contributed by atoms with Crippen LogP contribution in [-0.4, -0.2) is 85.8 Å². The van der Waals surface area contributed by atoms with E-state index in [1.807, 2.05) is 0 Å². The number of ether oxygens (including phenoxy) is 5. The van der Waals surface area contributed by atoms with Gasteiger partial charge < -0.3 is 33.9 Å². The molecule has 1 saturated heterocycles. The summed E-state index contributed by atoms with van der Waals surface area (Å²) in [5.74, 6) is -3.04. The van der Waals surface area contributed by atoms with E-state index in [1.54, 1.807) is 32.9 Å². The third-order valence-electron chi connectivity index (χ3n) is 7.36. The molecule has 3 aromatic rings. The summed E-state index contributed by atoms with van der Waals surface area (Å²) < 4.78 is 42.3. The smallest absolute Gasteiger partial charge is 0.410 e. The number of amides is 2. The van der Waals surface area contributed by atoms with E-state index in [0.29, 0.717) is 24.9 Å². The van der Waals surface area contributed by atoms with Gasteiger partial charge in [0.2, 0.25) is 0 Å². The number of ketones is 1. The lowest BCUT2D eigenvalue weighted by atomic mass is 9.99. The zero-order valence-corrected chi connectivity index (χ0v) is 27.1. The Morgan fingerprint density at radius 3 is 2.13 bits per heavy atom. The quantitative estimate of drug-likeness (QED) is 0.252. The van der Waals surface area contributed by atoms with Crippen molar-refractivity contribution in [2.45, 2.75) is 51.4 Å². The largest absolute Gasteiger partial charge is 0.496 e. The maximum absolute atomic E-state index is 15.4. The molecular weight excluding hydrogens is 613 g/mol. The standard InChI is InChI=1S/C34H38FN3O9/c1-34(2,3)47-33(42)38-17-7-8-24(23(19-38)37-31(40)21-13-15-36-16-14-21)46-32(41)22-11-9-20(10-12-22)29(39)27-25(43-4)18-26(44-5)30(45-6)28(27)35/h9-16,18,23-24H,7-8,17,19H2,1-6H3,(H,37,40)/t23-,24-/m1/s1. The summed E-state index contributed by atoms with van der Waals surface area (Å²) in [4.78, 5) is 58.2. The lowest BCUT2D eigenvalue weighted by Gasteiger charge is -2.30. The first-order chi connectivity index (χ1) is 22.4. The van der Waals surface area contributed by atoms with E-state index >= 15 is 4.39 Å². The molecule has 2 amide bonds. The fraction of sp³-hybridized carbons (Fsp3) is 0.382. The van der Waals surface area contributed by atoms with Gasteiger partial charge in [-0.15, -0.1) is 0 Å². The highest BCUT2D eigenvalue weighted by Crippen LogP contribution is 2.39. The normalized spacial score (nSPS) is 16.4. The number of hydrogen-bond acceptors (Lipinski definition) is 10. The van der Waals surface area contributed by atoms with Gasteiger partial charge in [0, 0.05) is 42.7 Å². The number of aromatic nitrogens is 1.